The van der Waals surface area contributed by atoms with Crippen LogP contribution in [0.1, 0.15) is 43.4 Å². The van der Waals surface area contributed by atoms with E-state index in [1.54, 1.807) is 7.11 Å². The van der Waals surface area contributed by atoms with Crippen LogP contribution in [0.15, 0.2) is 18.2 Å². The Hall–Kier alpha value is -1.28. The summed E-state index contributed by atoms with van der Waals surface area (Å²) >= 11 is 0. The Morgan fingerprint density at radius 3 is 2.39 bits per heavy atom. The number of hydrogen-bond acceptors (Lipinski definition) is 2. The molecular formula is C16H25NO. The van der Waals surface area contributed by atoms with Crippen molar-refractivity contribution in [2.75, 3.05) is 7.11 Å². The highest BCUT2D eigenvalue weighted by molar-refractivity contribution is 5.59. The molecule has 100 valence electrons. The van der Waals surface area contributed by atoms with Crippen LogP contribution in [0.25, 0.3) is 6.08 Å². The van der Waals surface area contributed by atoms with E-state index in [0.29, 0.717) is 0 Å². The molecule has 0 bridgehead atoms. The molecule has 2 nitrogen and oxygen atoms in total. The number of benzene rings is 1. The maximum Gasteiger partial charge on any atom is 0.126 e. The van der Waals surface area contributed by atoms with Crippen molar-refractivity contribution in [3.8, 4) is 5.75 Å². The zero-order valence-electron chi connectivity index (χ0n) is 12.2. The van der Waals surface area contributed by atoms with Gasteiger partial charge < -0.3 is 10.5 Å². The molecule has 0 saturated carbocycles. The monoisotopic (exact) mass is 247 g/mol. The third kappa shape index (κ3) is 4.53. The van der Waals surface area contributed by atoms with Crippen molar-refractivity contribution < 1.29 is 4.74 Å². The average molecular weight is 247 g/mol. The van der Waals surface area contributed by atoms with Gasteiger partial charge in [0.05, 0.1) is 7.11 Å². The molecule has 0 aliphatic carbocycles. The first-order valence-corrected chi connectivity index (χ1v) is 6.44. The molecule has 2 N–H and O–H groups in total. The summed E-state index contributed by atoms with van der Waals surface area (Å²) < 4.78 is 5.40. The number of rotatable bonds is 5. The molecule has 0 aliphatic rings. The van der Waals surface area contributed by atoms with Crippen LogP contribution in [-0.4, -0.2) is 12.6 Å². The largest absolute Gasteiger partial charge is 0.496 e. The molecule has 0 amide bonds. The fourth-order valence-electron chi connectivity index (χ4n) is 1.78. The lowest BCUT2D eigenvalue weighted by Crippen LogP contribution is -2.31. The molecule has 1 aromatic rings. The number of methoxy groups -OCH3 is 1. The highest BCUT2D eigenvalue weighted by Gasteiger charge is 2.08. The number of nitrogens with two attached hydrogens (primary N) is 1. The normalized spacial score (nSPS) is 12.1. The maximum atomic E-state index is 5.96. The van der Waals surface area contributed by atoms with E-state index >= 15 is 0 Å². The molecule has 0 spiro atoms. The predicted molar refractivity (Wildman–Crippen MR) is 79.0 cm³/mol. The average Bonchev–Trinajstić information content (AvgIpc) is 2.27. The lowest BCUT2D eigenvalue weighted by Gasteiger charge is -2.16. The van der Waals surface area contributed by atoms with Crippen LogP contribution >= 0.6 is 0 Å². The second-order valence-electron chi connectivity index (χ2n) is 5.61. The maximum absolute atomic E-state index is 5.96. The number of allylic oxidation sites excluding steroid dienone is 1. The van der Waals surface area contributed by atoms with Crippen molar-refractivity contribution in [3.63, 3.8) is 0 Å². The van der Waals surface area contributed by atoms with Gasteiger partial charge in [-0.2, -0.15) is 0 Å². The van der Waals surface area contributed by atoms with Crippen LogP contribution < -0.4 is 10.5 Å². The Labute approximate surface area is 111 Å². The van der Waals surface area contributed by atoms with Gasteiger partial charge in [0.15, 0.2) is 0 Å². The zero-order valence-corrected chi connectivity index (χ0v) is 12.2. The fraction of sp³-hybridized carbons (Fsp3) is 0.500. The summed E-state index contributed by atoms with van der Waals surface area (Å²) in [5.41, 5.74) is 9.53. The highest BCUT2D eigenvalue weighted by Crippen LogP contribution is 2.24. The molecule has 0 atom stereocenters. The van der Waals surface area contributed by atoms with E-state index in [1.807, 2.05) is 0 Å². The summed E-state index contributed by atoms with van der Waals surface area (Å²) in [5, 5.41) is 0. The van der Waals surface area contributed by atoms with Crippen molar-refractivity contribution in [3.05, 3.63) is 34.9 Å². The Morgan fingerprint density at radius 2 is 1.83 bits per heavy atom. The molecule has 0 heterocycles. The quantitative estimate of drug-likeness (QED) is 0.858. The summed E-state index contributed by atoms with van der Waals surface area (Å²) in [4.78, 5) is 0. The molecule has 0 unspecified atom stereocenters. The second-order valence-corrected chi connectivity index (χ2v) is 5.61. The standard InChI is InChI=1S/C16H25NO/c1-12-10-14(15(18-5)11-13(12)2)8-6-7-9-16(3,4)17/h6,8,10-11H,7,9,17H2,1-5H3/b8-6+. The minimum atomic E-state index is -0.0996. The molecule has 1 rings (SSSR count). The first-order valence-electron chi connectivity index (χ1n) is 6.44. The van der Waals surface area contributed by atoms with E-state index in [0.717, 1.165) is 24.2 Å². The molecule has 18 heavy (non-hydrogen) atoms. The van der Waals surface area contributed by atoms with Gasteiger partial charge in [-0.05, 0) is 63.8 Å². The van der Waals surface area contributed by atoms with Gasteiger partial charge in [0.1, 0.15) is 5.75 Å². The smallest absolute Gasteiger partial charge is 0.126 e. The number of ether oxygens (including phenoxy) is 1. The van der Waals surface area contributed by atoms with E-state index in [2.05, 4.69) is 52.0 Å². The third-order valence-corrected chi connectivity index (χ3v) is 3.10. The van der Waals surface area contributed by atoms with Crippen molar-refractivity contribution in [2.45, 2.75) is 46.1 Å². The molecule has 2 heteroatoms. The molecule has 1 aromatic carbocycles. The SMILES string of the molecule is COc1cc(C)c(C)cc1/C=C/CCC(C)(C)N. The second kappa shape index (κ2) is 6.05. The summed E-state index contributed by atoms with van der Waals surface area (Å²) in [6.45, 7) is 8.33. The summed E-state index contributed by atoms with van der Waals surface area (Å²) in [6, 6.07) is 4.25. The molecule has 0 radical (unpaired) electrons. The van der Waals surface area contributed by atoms with Crippen LogP contribution in [-0.2, 0) is 0 Å². The number of aryl methyl sites for hydroxylation is 2. The van der Waals surface area contributed by atoms with Gasteiger partial charge in [0, 0.05) is 11.1 Å². The van der Waals surface area contributed by atoms with Gasteiger partial charge in [0.25, 0.3) is 0 Å². The first kappa shape index (κ1) is 14.8. The minimum Gasteiger partial charge on any atom is -0.496 e. The summed E-state index contributed by atoms with van der Waals surface area (Å²) in [6.07, 6.45) is 6.26. The van der Waals surface area contributed by atoms with Gasteiger partial charge in [0.2, 0.25) is 0 Å². The number of hydrogen-bond donors (Lipinski definition) is 1. The Balaban J connectivity index is 2.77. The topological polar surface area (TPSA) is 35.2 Å². The van der Waals surface area contributed by atoms with Crippen molar-refractivity contribution in [2.24, 2.45) is 5.73 Å². The van der Waals surface area contributed by atoms with Gasteiger partial charge in [-0.25, -0.2) is 0 Å². The minimum absolute atomic E-state index is 0.0996. The van der Waals surface area contributed by atoms with Crippen LogP contribution in [0.4, 0.5) is 0 Å². The van der Waals surface area contributed by atoms with E-state index < -0.39 is 0 Å². The van der Waals surface area contributed by atoms with Gasteiger partial charge in [-0.3, -0.25) is 0 Å². The first-order chi connectivity index (χ1) is 8.33. The zero-order chi connectivity index (χ0) is 13.8. The lowest BCUT2D eigenvalue weighted by atomic mass is 9.99. The van der Waals surface area contributed by atoms with E-state index in [4.69, 9.17) is 10.5 Å². The van der Waals surface area contributed by atoms with E-state index in [1.165, 1.54) is 11.1 Å². The fourth-order valence-corrected chi connectivity index (χ4v) is 1.78. The highest BCUT2D eigenvalue weighted by atomic mass is 16.5. The Kier molecular flexibility index (Phi) is 4.97. The van der Waals surface area contributed by atoms with Gasteiger partial charge in [-0.15, -0.1) is 0 Å². The molecule has 0 aromatic heterocycles. The third-order valence-electron chi connectivity index (χ3n) is 3.10. The molecule has 0 aliphatic heterocycles. The van der Waals surface area contributed by atoms with Crippen molar-refractivity contribution >= 4 is 6.08 Å². The molecule has 0 saturated heterocycles. The Morgan fingerprint density at radius 1 is 1.22 bits per heavy atom. The Bertz CT molecular complexity index is 427. The molecule has 0 fully saturated rings. The molecular weight excluding hydrogens is 222 g/mol. The van der Waals surface area contributed by atoms with E-state index in [-0.39, 0.29) is 5.54 Å². The van der Waals surface area contributed by atoms with Crippen LogP contribution in [0, 0.1) is 13.8 Å². The predicted octanol–water partition coefficient (Wildman–Crippen LogP) is 3.84. The van der Waals surface area contributed by atoms with Gasteiger partial charge >= 0.3 is 0 Å². The van der Waals surface area contributed by atoms with E-state index in [9.17, 15) is 0 Å². The summed E-state index contributed by atoms with van der Waals surface area (Å²) in [7, 11) is 1.71. The van der Waals surface area contributed by atoms with Crippen LogP contribution in [0.3, 0.4) is 0 Å². The van der Waals surface area contributed by atoms with Crippen molar-refractivity contribution in [1.29, 1.82) is 0 Å². The van der Waals surface area contributed by atoms with Crippen LogP contribution in [0.5, 0.6) is 5.75 Å². The van der Waals surface area contributed by atoms with Crippen molar-refractivity contribution in [1.82, 2.24) is 0 Å². The summed E-state index contributed by atoms with van der Waals surface area (Å²) in [5.74, 6) is 0.932. The lowest BCUT2D eigenvalue weighted by molar-refractivity contribution is 0.413. The van der Waals surface area contributed by atoms with Gasteiger partial charge in [-0.1, -0.05) is 12.2 Å². The van der Waals surface area contributed by atoms with Crippen LogP contribution in [0.2, 0.25) is 0 Å².